The van der Waals surface area contributed by atoms with Crippen molar-refractivity contribution in [2.75, 3.05) is 26.8 Å². The molecular weight excluding hydrogens is 218 g/mol. The highest BCUT2D eigenvalue weighted by Crippen LogP contribution is 2.33. The SMILES string of the molecule is CNCCc1nc2cc3c(cc2[nH]1)OCCO3. The quantitative estimate of drug-likeness (QED) is 0.833. The first-order valence-electron chi connectivity index (χ1n) is 5.79. The summed E-state index contributed by atoms with van der Waals surface area (Å²) in [5, 5.41) is 3.11. The van der Waals surface area contributed by atoms with Gasteiger partial charge in [0.1, 0.15) is 19.0 Å². The lowest BCUT2D eigenvalue weighted by Gasteiger charge is -2.17. The van der Waals surface area contributed by atoms with E-state index in [2.05, 4.69) is 15.3 Å². The smallest absolute Gasteiger partial charge is 0.163 e. The largest absolute Gasteiger partial charge is 0.486 e. The van der Waals surface area contributed by atoms with E-state index in [1.54, 1.807) is 0 Å². The first-order chi connectivity index (χ1) is 8.36. The van der Waals surface area contributed by atoms with Gasteiger partial charge in [0.2, 0.25) is 0 Å². The Morgan fingerprint density at radius 1 is 1.29 bits per heavy atom. The number of fused-ring (bicyclic) bond motifs is 2. The molecule has 0 aliphatic carbocycles. The Kier molecular flexibility index (Phi) is 2.60. The molecule has 2 aromatic rings. The lowest BCUT2D eigenvalue weighted by atomic mass is 10.2. The number of ether oxygens (including phenoxy) is 2. The summed E-state index contributed by atoms with van der Waals surface area (Å²) in [5.74, 6) is 2.57. The summed E-state index contributed by atoms with van der Waals surface area (Å²) in [7, 11) is 1.93. The molecule has 0 amide bonds. The number of hydrogen-bond donors (Lipinski definition) is 2. The number of nitrogens with one attached hydrogen (secondary N) is 2. The Labute approximate surface area is 99.1 Å². The van der Waals surface area contributed by atoms with Crippen molar-refractivity contribution in [1.29, 1.82) is 0 Å². The maximum absolute atomic E-state index is 5.54. The van der Waals surface area contributed by atoms with Crippen LogP contribution < -0.4 is 14.8 Å². The number of aromatic nitrogens is 2. The van der Waals surface area contributed by atoms with E-state index in [0.717, 1.165) is 41.3 Å². The fourth-order valence-corrected chi connectivity index (χ4v) is 1.96. The molecule has 0 saturated carbocycles. The van der Waals surface area contributed by atoms with Crippen LogP contribution in [0.1, 0.15) is 5.82 Å². The van der Waals surface area contributed by atoms with Crippen molar-refractivity contribution >= 4 is 11.0 Å². The van der Waals surface area contributed by atoms with E-state index in [1.165, 1.54) is 0 Å². The minimum absolute atomic E-state index is 0.607. The highest BCUT2D eigenvalue weighted by Gasteiger charge is 2.14. The predicted octanol–water partition coefficient (Wildman–Crippen LogP) is 1.10. The topological polar surface area (TPSA) is 59.2 Å². The highest BCUT2D eigenvalue weighted by molar-refractivity contribution is 5.79. The van der Waals surface area contributed by atoms with E-state index in [9.17, 15) is 0 Å². The highest BCUT2D eigenvalue weighted by atomic mass is 16.6. The Morgan fingerprint density at radius 2 is 2.06 bits per heavy atom. The third-order valence-corrected chi connectivity index (χ3v) is 2.81. The van der Waals surface area contributed by atoms with Crippen LogP contribution in [0.15, 0.2) is 12.1 Å². The first-order valence-corrected chi connectivity index (χ1v) is 5.79. The van der Waals surface area contributed by atoms with Gasteiger partial charge in [-0.1, -0.05) is 0 Å². The molecule has 0 radical (unpaired) electrons. The fourth-order valence-electron chi connectivity index (χ4n) is 1.96. The van der Waals surface area contributed by atoms with E-state index in [1.807, 2.05) is 19.2 Å². The number of benzene rings is 1. The molecule has 17 heavy (non-hydrogen) atoms. The van der Waals surface area contributed by atoms with Crippen LogP contribution in [0.4, 0.5) is 0 Å². The zero-order chi connectivity index (χ0) is 11.7. The van der Waals surface area contributed by atoms with Crippen molar-refractivity contribution in [1.82, 2.24) is 15.3 Å². The molecule has 1 aliphatic heterocycles. The lowest BCUT2D eigenvalue weighted by molar-refractivity contribution is 0.172. The standard InChI is InChI=1S/C12H15N3O2/c1-13-3-2-12-14-8-6-10-11(7-9(8)15-12)17-5-4-16-10/h6-7,13H,2-5H2,1H3,(H,14,15). The second-order valence-corrected chi connectivity index (χ2v) is 4.05. The van der Waals surface area contributed by atoms with Gasteiger partial charge in [-0.2, -0.15) is 0 Å². The fraction of sp³-hybridized carbons (Fsp3) is 0.417. The molecule has 0 unspecified atom stereocenters. The number of nitrogens with zero attached hydrogens (tertiary/aromatic N) is 1. The van der Waals surface area contributed by atoms with Crippen LogP contribution in [0.25, 0.3) is 11.0 Å². The van der Waals surface area contributed by atoms with Crippen LogP contribution in [-0.2, 0) is 6.42 Å². The summed E-state index contributed by atoms with van der Waals surface area (Å²) >= 11 is 0. The average Bonchev–Trinajstić information content (AvgIpc) is 2.75. The van der Waals surface area contributed by atoms with Crippen LogP contribution in [-0.4, -0.2) is 36.8 Å². The monoisotopic (exact) mass is 233 g/mol. The van der Waals surface area contributed by atoms with Crippen molar-refractivity contribution in [2.45, 2.75) is 6.42 Å². The van der Waals surface area contributed by atoms with Gasteiger partial charge in [-0.25, -0.2) is 4.98 Å². The molecule has 2 N–H and O–H groups in total. The normalized spacial score (nSPS) is 14.2. The van der Waals surface area contributed by atoms with Gasteiger partial charge in [-0.15, -0.1) is 0 Å². The van der Waals surface area contributed by atoms with Gasteiger partial charge in [0.25, 0.3) is 0 Å². The van der Waals surface area contributed by atoms with Gasteiger partial charge < -0.3 is 19.8 Å². The maximum Gasteiger partial charge on any atom is 0.163 e. The summed E-state index contributed by atoms with van der Waals surface area (Å²) in [5.41, 5.74) is 1.93. The predicted molar refractivity (Wildman–Crippen MR) is 64.7 cm³/mol. The summed E-state index contributed by atoms with van der Waals surface area (Å²) in [4.78, 5) is 7.82. The molecule has 3 rings (SSSR count). The van der Waals surface area contributed by atoms with Crippen molar-refractivity contribution in [3.8, 4) is 11.5 Å². The molecule has 1 aromatic heterocycles. The zero-order valence-electron chi connectivity index (χ0n) is 9.75. The van der Waals surface area contributed by atoms with Gasteiger partial charge in [0.15, 0.2) is 11.5 Å². The van der Waals surface area contributed by atoms with Gasteiger partial charge in [0, 0.05) is 25.1 Å². The molecule has 0 spiro atoms. The minimum atomic E-state index is 0.607. The van der Waals surface area contributed by atoms with Gasteiger partial charge >= 0.3 is 0 Å². The van der Waals surface area contributed by atoms with E-state index < -0.39 is 0 Å². The number of H-pyrrole nitrogens is 1. The van der Waals surface area contributed by atoms with Crippen LogP contribution in [0.2, 0.25) is 0 Å². The third-order valence-electron chi connectivity index (χ3n) is 2.81. The molecule has 5 heteroatoms. The van der Waals surface area contributed by atoms with Crippen LogP contribution in [0, 0.1) is 0 Å². The number of aromatic amines is 1. The zero-order valence-corrected chi connectivity index (χ0v) is 9.75. The maximum atomic E-state index is 5.54. The van der Waals surface area contributed by atoms with Crippen molar-refractivity contribution < 1.29 is 9.47 Å². The second kappa shape index (κ2) is 4.25. The van der Waals surface area contributed by atoms with Crippen molar-refractivity contribution in [3.05, 3.63) is 18.0 Å². The average molecular weight is 233 g/mol. The van der Waals surface area contributed by atoms with E-state index in [4.69, 9.17) is 9.47 Å². The number of imidazole rings is 1. The molecule has 2 heterocycles. The number of likely N-dealkylation sites (N-methyl/N-ethyl adjacent to an activating group) is 1. The van der Waals surface area contributed by atoms with Crippen LogP contribution in [0.5, 0.6) is 11.5 Å². The molecule has 0 fully saturated rings. The Bertz CT molecular complexity index is 493. The summed E-state index contributed by atoms with van der Waals surface area (Å²) in [6, 6.07) is 3.89. The summed E-state index contributed by atoms with van der Waals surface area (Å²) in [6.07, 6.45) is 0.886. The number of rotatable bonds is 3. The molecular formula is C12H15N3O2. The van der Waals surface area contributed by atoms with Gasteiger partial charge in [0.05, 0.1) is 11.0 Å². The summed E-state index contributed by atoms with van der Waals surface area (Å²) < 4.78 is 11.1. The molecule has 90 valence electrons. The van der Waals surface area contributed by atoms with Crippen molar-refractivity contribution in [2.24, 2.45) is 0 Å². The van der Waals surface area contributed by atoms with Gasteiger partial charge in [-0.3, -0.25) is 0 Å². The lowest BCUT2D eigenvalue weighted by Crippen LogP contribution is -2.15. The Balaban J connectivity index is 1.98. The van der Waals surface area contributed by atoms with E-state index >= 15 is 0 Å². The van der Waals surface area contributed by atoms with Gasteiger partial charge in [-0.05, 0) is 7.05 Å². The minimum Gasteiger partial charge on any atom is -0.486 e. The van der Waals surface area contributed by atoms with E-state index in [-0.39, 0.29) is 0 Å². The third kappa shape index (κ3) is 1.93. The Morgan fingerprint density at radius 3 is 2.82 bits per heavy atom. The molecule has 1 aliphatic rings. The Hall–Kier alpha value is -1.75. The first kappa shape index (κ1) is 10.4. The molecule has 1 aromatic carbocycles. The number of hydrogen-bond acceptors (Lipinski definition) is 4. The molecule has 0 atom stereocenters. The summed E-state index contributed by atoms with van der Waals surface area (Å²) in [6.45, 7) is 2.13. The van der Waals surface area contributed by atoms with Crippen molar-refractivity contribution in [3.63, 3.8) is 0 Å². The molecule has 0 saturated heterocycles. The van der Waals surface area contributed by atoms with Crippen LogP contribution >= 0.6 is 0 Å². The second-order valence-electron chi connectivity index (χ2n) is 4.05. The van der Waals surface area contributed by atoms with Crippen LogP contribution in [0.3, 0.4) is 0 Å². The molecule has 5 nitrogen and oxygen atoms in total. The van der Waals surface area contributed by atoms with E-state index in [0.29, 0.717) is 13.2 Å². The molecule has 0 bridgehead atoms.